The molecule has 1 aromatic carbocycles. The number of nitrogens with zero attached hydrogens (tertiary/aromatic N) is 3. The first-order valence-electron chi connectivity index (χ1n) is 7.45. The van der Waals surface area contributed by atoms with Crippen LogP contribution in [0.3, 0.4) is 0 Å². The Balaban J connectivity index is 2.10. The fourth-order valence-corrected chi connectivity index (χ4v) is 2.21. The second-order valence-electron chi connectivity index (χ2n) is 5.31. The van der Waals surface area contributed by atoms with Gasteiger partial charge in [0.05, 0.1) is 18.2 Å². The van der Waals surface area contributed by atoms with Crippen LogP contribution in [0.4, 0.5) is 0 Å². The lowest BCUT2D eigenvalue weighted by atomic mass is 10.1. The summed E-state index contributed by atoms with van der Waals surface area (Å²) in [6.45, 7) is 4.49. The number of pyridine rings is 1. The van der Waals surface area contributed by atoms with Crippen LogP contribution in [0.25, 0.3) is 0 Å². The monoisotopic (exact) mass is 309 g/mol. The van der Waals surface area contributed by atoms with E-state index in [0.29, 0.717) is 12.1 Å². The van der Waals surface area contributed by atoms with E-state index in [-0.39, 0.29) is 18.1 Å². The molecule has 1 unspecified atom stereocenters. The molecule has 0 radical (unpaired) electrons. The maximum absolute atomic E-state index is 12.5. The molecule has 23 heavy (non-hydrogen) atoms. The summed E-state index contributed by atoms with van der Waals surface area (Å²) >= 11 is 0. The molecular weight excluding hydrogens is 290 g/mol. The van der Waals surface area contributed by atoms with E-state index >= 15 is 0 Å². The van der Waals surface area contributed by atoms with Gasteiger partial charge in [-0.05, 0) is 31.5 Å². The number of nitriles is 1. The van der Waals surface area contributed by atoms with E-state index in [1.807, 2.05) is 44.2 Å². The summed E-state index contributed by atoms with van der Waals surface area (Å²) in [6, 6.07) is 12.6. The number of likely N-dealkylation sites (N-methyl/N-ethyl adjacent to an activating group) is 1. The van der Waals surface area contributed by atoms with Gasteiger partial charge >= 0.3 is 0 Å². The summed E-state index contributed by atoms with van der Waals surface area (Å²) in [4.78, 5) is 18.0. The van der Waals surface area contributed by atoms with E-state index in [1.54, 1.807) is 11.0 Å². The summed E-state index contributed by atoms with van der Waals surface area (Å²) in [6.07, 6.45) is 0.621. The van der Waals surface area contributed by atoms with Crippen molar-refractivity contribution < 1.29 is 9.90 Å². The number of amides is 1. The standard InChI is InChI=1S/C18H19N3O2/c1-3-21(12-17(22)15-7-4-13(2)5-8-15)18(23)16-9-6-14(10-19)11-20-16/h4-9,11,17,22H,3,12H2,1-2H3. The van der Waals surface area contributed by atoms with Crippen LogP contribution in [0, 0.1) is 18.3 Å². The first-order chi connectivity index (χ1) is 11.0. The molecule has 0 aliphatic rings. The van der Waals surface area contributed by atoms with E-state index < -0.39 is 6.10 Å². The molecule has 5 heteroatoms. The van der Waals surface area contributed by atoms with E-state index in [4.69, 9.17) is 5.26 Å². The van der Waals surface area contributed by atoms with Crippen molar-refractivity contribution in [3.05, 3.63) is 65.0 Å². The van der Waals surface area contributed by atoms with Gasteiger partial charge in [-0.2, -0.15) is 5.26 Å². The lowest BCUT2D eigenvalue weighted by Crippen LogP contribution is -2.35. The van der Waals surface area contributed by atoms with E-state index in [9.17, 15) is 9.90 Å². The maximum atomic E-state index is 12.5. The molecule has 1 aromatic heterocycles. The fraction of sp³-hybridized carbons (Fsp3) is 0.278. The van der Waals surface area contributed by atoms with Crippen LogP contribution in [0.2, 0.25) is 0 Å². The summed E-state index contributed by atoms with van der Waals surface area (Å²) in [7, 11) is 0. The van der Waals surface area contributed by atoms with Gasteiger partial charge in [-0.1, -0.05) is 29.8 Å². The smallest absolute Gasteiger partial charge is 0.272 e. The highest BCUT2D eigenvalue weighted by atomic mass is 16.3. The topological polar surface area (TPSA) is 77.2 Å². The lowest BCUT2D eigenvalue weighted by Gasteiger charge is -2.24. The summed E-state index contributed by atoms with van der Waals surface area (Å²) in [5.41, 5.74) is 2.56. The molecule has 2 aromatic rings. The molecular formula is C18H19N3O2. The molecule has 0 fully saturated rings. The van der Waals surface area contributed by atoms with Gasteiger partial charge in [-0.3, -0.25) is 4.79 Å². The van der Waals surface area contributed by atoms with Gasteiger partial charge in [0.1, 0.15) is 11.8 Å². The van der Waals surface area contributed by atoms with Gasteiger partial charge in [0, 0.05) is 12.7 Å². The van der Waals surface area contributed by atoms with Crippen molar-refractivity contribution in [2.24, 2.45) is 0 Å². The number of aromatic nitrogens is 1. The molecule has 118 valence electrons. The zero-order valence-electron chi connectivity index (χ0n) is 13.2. The Morgan fingerprint density at radius 2 is 2.00 bits per heavy atom. The fourth-order valence-electron chi connectivity index (χ4n) is 2.21. The highest BCUT2D eigenvalue weighted by Gasteiger charge is 2.19. The van der Waals surface area contributed by atoms with Crippen LogP contribution in [-0.4, -0.2) is 34.0 Å². The van der Waals surface area contributed by atoms with Gasteiger partial charge in [0.25, 0.3) is 5.91 Å². The zero-order chi connectivity index (χ0) is 16.8. The van der Waals surface area contributed by atoms with Gasteiger partial charge in [0.15, 0.2) is 0 Å². The number of hydrogen-bond donors (Lipinski definition) is 1. The molecule has 1 amide bonds. The van der Waals surface area contributed by atoms with Gasteiger partial charge in [-0.25, -0.2) is 4.98 Å². The average Bonchev–Trinajstić information content (AvgIpc) is 2.59. The molecule has 1 atom stereocenters. The Morgan fingerprint density at radius 1 is 1.30 bits per heavy atom. The first kappa shape index (κ1) is 16.7. The number of rotatable bonds is 5. The molecule has 0 saturated carbocycles. The Bertz CT molecular complexity index is 703. The number of aryl methyl sites for hydroxylation is 1. The number of hydrogen-bond acceptors (Lipinski definition) is 4. The molecule has 0 aliphatic carbocycles. The molecule has 1 N–H and O–H groups in total. The predicted molar refractivity (Wildman–Crippen MR) is 86.7 cm³/mol. The minimum atomic E-state index is -0.752. The minimum Gasteiger partial charge on any atom is -0.387 e. The number of carbonyl (C=O) groups is 1. The van der Waals surface area contributed by atoms with Crippen molar-refractivity contribution >= 4 is 5.91 Å². The van der Waals surface area contributed by atoms with Crippen molar-refractivity contribution in [2.45, 2.75) is 20.0 Å². The molecule has 0 saturated heterocycles. The molecule has 0 bridgehead atoms. The van der Waals surface area contributed by atoms with E-state index in [0.717, 1.165) is 11.1 Å². The van der Waals surface area contributed by atoms with Crippen LogP contribution in [0.5, 0.6) is 0 Å². The second kappa shape index (κ2) is 7.52. The normalized spacial score (nSPS) is 11.6. The number of aliphatic hydroxyl groups excluding tert-OH is 1. The Kier molecular flexibility index (Phi) is 5.45. The third-order valence-corrected chi connectivity index (χ3v) is 3.64. The Morgan fingerprint density at radius 3 is 2.52 bits per heavy atom. The SMILES string of the molecule is CCN(CC(O)c1ccc(C)cc1)C(=O)c1ccc(C#N)cn1. The first-order valence-corrected chi connectivity index (χ1v) is 7.45. The van der Waals surface area contributed by atoms with Crippen molar-refractivity contribution in [1.29, 1.82) is 5.26 Å². The quantitative estimate of drug-likeness (QED) is 0.920. The highest BCUT2D eigenvalue weighted by molar-refractivity contribution is 5.92. The average molecular weight is 309 g/mol. The van der Waals surface area contributed by atoms with Crippen LogP contribution in [0.1, 0.15) is 40.2 Å². The van der Waals surface area contributed by atoms with E-state index in [2.05, 4.69) is 4.98 Å². The minimum absolute atomic E-state index is 0.195. The molecule has 2 rings (SSSR count). The molecule has 0 aliphatic heterocycles. The van der Waals surface area contributed by atoms with Gasteiger partial charge in [0.2, 0.25) is 0 Å². The van der Waals surface area contributed by atoms with Crippen LogP contribution in [0.15, 0.2) is 42.6 Å². The molecule has 1 heterocycles. The van der Waals surface area contributed by atoms with Crippen LogP contribution >= 0.6 is 0 Å². The summed E-state index contributed by atoms with van der Waals surface area (Å²) in [5, 5.41) is 19.1. The zero-order valence-corrected chi connectivity index (χ0v) is 13.2. The number of benzene rings is 1. The summed E-state index contributed by atoms with van der Waals surface area (Å²) < 4.78 is 0. The third-order valence-electron chi connectivity index (χ3n) is 3.64. The highest BCUT2D eigenvalue weighted by Crippen LogP contribution is 2.16. The van der Waals surface area contributed by atoms with Crippen molar-refractivity contribution in [3.8, 4) is 6.07 Å². The Labute approximate surface area is 135 Å². The number of aliphatic hydroxyl groups is 1. The number of carbonyl (C=O) groups excluding carboxylic acids is 1. The predicted octanol–water partition coefficient (Wildman–Crippen LogP) is 2.46. The third kappa shape index (κ3) is 4.15. The summed E-state index contributed by atoms with van der Waals surface area (Å²) in [5.74, 6) is -0.261. The van der Waals surface area contributed by atoms with Gasteiger partial charge in [-0.15, -0.1) is 0 Å². The maximum Gasteiger partial charge on any atom is 0.272 e. The van der Waals surface area contributed by atoms with Crippen molar-refractivity contribution in [2.75, 3.05) is 13.1 Å². The molecule has 0 spiro atoms. The van der Waals surface area contributed by atoms with Gasteiger partial charge < -0.3 is 10.0 Å². The largest absolute Gasteiger partial charge is 0.387 e. The van der Waals surface area contributed by atoms with Crippen LogP contribution < -0.4 is 0 Å². The lowest BCUT2D eigenvalue weighted by molar-refractivity contribution is 0.0629. The molecule has 5 nitrogen and oxygen atoms in total. The van der Waals surface area contributed by atoms with Crippen molar-refractivity contribution in [3.63, 3.8) is 0 Å². The van der Waals surface area contributed by atoms with Crippen LogP contribution in [-0.2, 0) is 0 Å². The van der Waals surface area contributed by atoms with Crippen molar-refractivity contribution in [1.82, 2.24) is 9.88 Å². The second-order valence-corrected chi connectivity index (χ2v) is 5.31. The Hall–Kier alpha value is -2.71. The van der Waals surface area contributed by atoms with E-state index in [1.165, 1.54) is 12.3 Å².